The fraction of sp³-hybridized carbons (Fsp3) is 0.438. The summed E-state index contributed by atoms with van der Waals surface area (Å²) in [5, 5.41) is 0. The van der Waals surface area contributed by atoms with E-state index in [9.17, 15) is 13.2 Å². The van der Waals surface area contributed by atoms with Gasteiger partial charge in [-0.2, -0.15) is 8.78 Å². The molecule has 1 fully saturated rings. The first-order valence-corrected chi connectivity index (χ1v) is 13.7. The molecule has 1 aliphatic rings. The van der Waals surface area contributed by atoms with Gasteiger partial charge in [-0.25, -0.2) is 13.2 Å². The molecule has 0 heterocycles. The van der Waals surface area contributed by atoms with Crippen molar-refractivity contribution in [3.8, 4) is 16.9 Å². The molecule has 1 aliphatic carbocycles. The van der Waals surface area contributed by atoms with Gasteiger partial charge in [0, 0.05) is 5.56 Å². The number of hydrogen-bond donors (Lipinski definition) is 0. The Labute approximate surface area is 222 Å². The van der Waals surface area contributed by atoms with Crippen LogP contribution in [0.3, 0.4) is 0 Å². The number of halogens is 5. The lowest BCUT2D eigenvalue weighted by Crippen LogP contribution is -2.22. The average molecular weight is 531 g/mol. The maximum atomic E-state index is 15.1. The standard InChI is InChI=1S/C32H35F5O/c1-2-3-4-7-22-10-12-23(13-11-22)14-15-24-16-18-26(19-17-24)32(36,37)38-30-9-6-5-8-27(30)25-20-28(33)31(35)29(34)21-25/h5-6,8-9,16-23H,2-4,7,10-15H2,1H3. The third kappa shape index (κ3) is 7.15. The van der Waals surface area contributed by atoms with Crippen molar-refractivity contribution < 1.29 is 26.7 Å². The maximum Gasteiger partial charge on any atom is 0.426 e. The van der Waals surface area contributed by atoms with Crippen LogP contribution in [0.5, 0.6) is 5.75 Å². The summed E-state index contributed by atoms with van der Waals surface area (Å²) in [4.78, 5) is 0. The van der Waals surface area contributed by atoms with E-state index in [1.54, 1.807) is 12.1 Å². The molecule has 0 unspecified atom stereocenters. The zero-order valence-electron chi connectivity index (χ0n) is 21.8. The largest absolute Gasteiger partial charge is 0.428 e. The van der Waals surface area contributed by atoms with Gasteiger partial charge in [-0.1, -0.05) is 88.6 Å². The first kappa shape index (κ1) is 28.1. The van der Waals surface area contributed by atoms with Crippen molar-refractivity contribution in [2.75, 3.05) is 0 Å². The van der Waals surface area contributed by atoms with Crippen molar-refractivity contribution >= 4 is 0 Å². The molecule has 38 heavy (non-hydrogen) atoms. The van der Waals surface area contributed by atoms with Gasteiger partial charge in [0.25, 0.3) is 0 Å². The minimum atomic E-state index is -3.68. The van der Waals surface area contributed by atoms with Crippen LogP contribution in [-0.2, 0) is 12.5 Å². The Bertz CT molecular complexity index is 1160. The smallest absolute Gasteiger partial charge is 0.426 e. The molecule has 3 aromatic rings. The molecule has 0 aliphatic heterocycles. The molecular formula is C32H35F5O. The highest BCUT2D eigenvalue weighted by Gasteiger charge is 2.35. The van der Waals surface area contributed by atoms with Crippen molar-refractivity contribution in [2.24, 2.45) is 11.8 Å². The molecule has 1 saturated carbocycles. The SMILES string of the molecule is CCCCCC1CCC(CCc2ccc(C(F)(F)Oc3ccccc3-c3cc(F)c(F)c(F)c3)cc2)CC1. The van der Waals surface area contributed by atoms with Gasteiger partial charge in [-0.05, 0) is 66.1 Å². The molecule has 0 radical (unpaired) electrons. The number of aryl methyl sites for hydroxylation is 1. The highest BCUT2D eigenvalue weighted by molar-refractivity contribution is 5.70. The van der Waals surface area contributed by atoms with Gasteiger partial charge in [-0.3, -0.25) is 0 Å². The van der Waals surface area contributed by atoms with Crippen LogP contribution in [-0.4, -0.2) is 0 Å². The van der Waals surface area contributed by atoms with Crippen LogP contribution in [0, 0.1) is 29.3 Å². The van der Waals surface area contributed by atoms with E-state index in [-0.39, 0.29) is 22.4 Å². The minimum absolute atomic E-state index is 0.0293. The Kier molecular flexibility index (Phi) is 9.45. The van der Waals surface area contributed by atoms with Gasteiger partial charge < -0.3 is 4.74 Å². The Balaban J connectivity index is 1.36. The van der Waals surface area contributed by atoms with E-state index < -0.39 is 23.6 Å². The van der Waals surface area contributed by atoms with Crippen molar-refractivity contribution in [3.05, 3.63) is 89.2 Å². The van der Waals surface area contributed by atoms with Crippen molar-refractivity contribution in [1.29, 1.82) is 0 Å². The Morgan fingerprint density at radius 3 is 2.03 bits per heavy atom. The Hall–Kier alpha value is -2.89. The first-order valence-electron chi connectivity index (χ1n) is 13.7. The fourth-order valence-corrected chi connectivity index (χ4v) is 5.43. The lowest BCUT2D eigenvalue weighted by Gasteiger charge is -2.28. The summed E-state index contributed by atoms with van der Waals surface area (Å²) in [6.45, 7) is 2.24. The maximum absolute atomic E-state index is 15.1. The molecule has 204 valence electrons. The van der Waals surface area contributed by atoms with E-state index >= 15 is 8.78 Å². The van der Waals surface area contributed by atoms with E-state index in [4.69, 9.17) is 4.74 Å². The molecular weight excluding hydrogens is 495 g/mol. The molecule has 4 rings (SSSR count). The van der Waals surface area contributed by atoms with E-state index in [2.05, 4.69) is 6.92 Å². The number of rotatable bonds is 11. The van der Waals surface area contributed by atoms with E-state index in [0.29, 0.717) is 5.92 Å². The molecule has 3 aromatic carbocycles. The summed E-state index contributed by atoms with van der Waals surface area (Å²) in [7, 11) is 0. The second-order valence-corrected chi connectivity index (χ2v) is 10.5. The van der Waals surface area contributed by atoms with Crippen LogP contribution < -0.4 is 4.74 Å². The zero-order chi connectivity index (χ0) is 27.1. The number of para-hydroxylation sites is 1. The van der Waals surface area contributed by atoms with Crippen LogP contribution in [0.1, 0.15) is 75.8 Å². The van der Waals surface area contributed by atoms with Gasteiger partial charge in [0.1, 0.15) is 5.75 Å². The highest BCUT2D eigenvalue weighted by Crippen LogP contribution is 2.39. The van der Waals surface area contributed by atoms with E-state index in [1.807, 2.05) is 0 Å². The molecule has 6 heteroatoms. The fourth-order valence-electron chi connectivity index (χ4n) is 5.43. The predicted molar refractivity (Wildman–Crippen MR) is 141 cm³/mol. The lowest BCUT2D eigenvalue weighted by molar-refractivity contribution is -0.185. The minimum Gasteiger partial charge on any atom is -0.428 e. The predicted octanol–water partition coefficient (Wildman–Crippen LogP) is 10.2. The molecule has 0 atom stereocenters. The number of unbranched alkanes of at least 4 members (excludes halogenated alkanes) is 2. The summed E-state index contributed by atoms with van der Waals surface area (Å²) in [5.41, 5.74) is 0.618. The molecule has 0 N–H and O–H groups in total. The van der Waals surface area contributed by atoms with Crippen LogP contribution in [0.2, 0.25) is 0 Å². The van der Waals surface area contributed by atoms with Crippen molar-refractivity contribution in [2.45, 2.75) is 77.2 Å². The lowest BCUT2D eigenvalue weighted by atomic mass is 9.78. The number of alkyl halides is 2. The Morgan fingerprint density at radius 1 is 0.789 bits per heavy atom. The summed E-state index contributed by atoms with van der Waals surface area (Å²) < 4.78 is 76.1. The summed E-state index contributed by atoms with van der Waals surface area (Å²) in [5.74, 6) is -3.13. The third-order valence-electron chi connectivity index (χ3n) is 7.73. The van der Waals surface area contributed by atoms with Crippen molar-refractivity contribution in [1.82, 2.24) is 0 Å². The quantitative estimate of drug-likeness (QED) is 0.136. The second kappa shape index (κ2) is 12.8. The molecule has 1 nitrogen and oxygen atoms in total. The van der Waals surface area contributed by atoms with Crippen LogP contribution >= 0.6 is 0 Å². The summed E-state index contributed by atoms with van der Waals surface area (Å²) >= 11 is 0. The topological polar surface area (TPSA) is 9.23 Å². The average Bonchev–Trinajstić information content (AvgIpc) is 2.91. The van der Waals surface area contributed by atoms with Crippen LogP contribution in [0.25, 0.3) is 11.1 Å². The van der Waals surface area contributed by atoms with Gasteiger partial charge in [-0.15, -0.1) is 0 Å². The third-order valence-corrected chi connectivity index (χ3v) is 7.73. The molecule has 0 amide bonds. The summed E-state index contributed by atoms with van der Waals surface area (Å²) in [6, 6.07) is 13.3. The molecule has 0 saturated heterocycles. The highest BCUT2D eigenvalue weighted by atomic mass is 19.3. The summed E-state index contributed by atoms with van der Waals surface area (Å²) in [6.07, 6.45) is 8.60. The van der Waals surface area contributed by atoms with Crippen LogP contribution in [0.4, 0.5) is 22.0 Å². The van der Waals surface area contributed by atoms with Gasteiger partial charge in [0.2, 0.25) is 0 Å². The van der Waals surface area contributed by atoms with E-state index in [1.165, 1.54) is 87.8 Å². The van der Waals surface area contributed by atoms with E-state index in [0.717, 1.165) is 36.5 Å². The van der Waals surface area contributed by atoms with Gasteiger partial charge >= 0.3 is 6.11 Å². The number of ether oxygens (including phenoxy) is 1. The normalized spacial score (nSPS) is 17.9. The van der Waals surface area contributed by atoms with Crippen molar-refractivity contribution in [3.63, 3.8) is 0 Å². The second-order valence-electron chi connectivity index (χ2n) is 10.5. The molecule has 0 aromatic heterocycles. The first-order chi connectivity index (χ1) is 18.3. The molecule has 0 spiro atoms. The zero-order valence-corrected chi connectivity index (χ0v) is 21.8. The van der Waals surface area contributed by atoms with Crippen LogP contribution in [0.15, 0.2) is 60.7 Å². The number of benzene rings is 3. The monoisotopic (exact) mass is 530 g/mol. The van der Waals surface area contributed by atoms with Gasteiger partial charge in [0.15, 0.2) is 17.5 Å². The van der Waals surface area contributed by atoms with Gasteiger partial charge in [0.05, 0.1) is 5.56 Å². The number of hydrogen-bond acceptors (Lipinski definition) is 1. The molecule has 0 bridgehead atoms. The Morgan fingerprint density at radius 2 is 1.39 bits per heavy atom.